The first-order valence-corrected chi connectivity index (χ1v) is 11.5. The summed E-state index contributed by atoms with van der Waals surface area (Å²) < 4.78 is 54.8. The fourth-order valence-electron chi connectivity index (χ4n) is 3.80. The molecule has 5 nitrogen and oxygen atoms in total. The van der Waals surface area contributed by atoms with Crippen LogP contribution in [0.3, 0.4) is 0 Å². The van der Waals surface area contributed by atoms with E-state index in [1.165, 1.54) is 27.4 Å². The third kappa shape index (κ3) is 4.25. The zero-order valence-corrected chi connectivity index (χ0v) is 18.2. The summed E-state index contributed by atoms with van der Waals surface area (Å²) >= 11 is 0. The fraction of sp³-hybridized carbons (Fsp3) is 0.409. The molecule has 0 bridgehead atoms. The average molecular weight is 437 g/mol. The minimum atomic E-state index is -3.74. The van der Waals surface area contributed by atoms with Crippen LogP contribution in [0, 0.1) is 18.6 Å². The normalized spacial score (nSPS) is 17.7. The quantitative estimate of drug-likeness (QED) is 0.693. The number of hydrogen-bond donors (Lipinski definition) is 0. The lowest BCUT2D eigenvalue weighted by atomic mass is 10.1. The van der Waals surface area contributed by atoms with Crippen LogP contribution in [0.2, 0.25) is 0 Å². The predicted octanol–water partition coefficient (Wildman–Crippen LogP) is 4.50. The fourth-order valence-corrected chi connectivity index (χ4v) is 5.52. The van der Waals surface area contributed by atoms with Crippen molar-refractivity contribution in [3.05, 3.63) is 59.2 Å². The minimum Gasteiger partial charge on any atom is -0.309 e. The van der Waals surface area contributed by atoms with E-state index in [0.717, 1.165) is 31.4 Å². The van der Waals surface area contributed by atoms with Gasteiger partial charge in [-0.15, -0.1) is 0 Å². The maximum atomic E-state index is 13.7. The van der Waals surface area contributed by atoms with Crippen LogP contribution < -0.4 is 4.90 Å². The van der Waals surface area contributed by atoms with Gasteiger partial charge in [-0.05, 0) is 63.4 Å². The Bertz CT molecular complexity index is 1060. The zero-order valence-electron chi connectivity index (χ0n) is 17.4. The van der Waals surface area contributed by atoms with Gasteiger partial charge in [0.05, 0.1) is 4.90 Å². The van der Waals surface area contributed by atoms with E-state index in [0.29, 0.717) is 12.1 Å². The van der Waals surface area contributed by atoms with E-state index >= 15 is 0 Å². The molecule has 1 aliphatic rings. The number of aryl methyl sites for hydroxylation is 1. The van der Waals surface area contributed by atoms with Crippen LogP contribution in [0.5, 0.6) is 0 Å². The Kier molecular flexibility index (Phi) is 6.57. The standard InChI is InChI=1S/C22H26F2N2O3S/c1-4-25(17-9-11-20(23)21(24)13-17)22(27)19-14-18(10-8-15(19)2)30(28,29)26-12-6-5-7-16(26)3/h8-11,13-14,16H,4-7,12H2,1-3H3. The van der Waals surface area contributed by atoms with Crippen LogP contribution in [0.4, 0.5) is 14.5 Å². The lowest BCUT2D eigenvalue weighted by Crippen LogP contribution is -2.42. The molecule has 8 heteroatoms. The second-order valence-electron chi connectivity index (χ2n) is 7.59. The van der Waals surface area contributed by atoms with Gasteiger partial charge in [-0.25, -0.2) is 17.2 Å². The van der Waals surface area contributed by atoms with Gasteiger partial charge in [0.2, 0.25) is 10.0 Å². The van der Waals surface area contributed by atoms with Crippen LogP contribution in [0.1, 0.15) is 49.0 Å². The van der Waals surface area contributed by atoms with Crippen molar-refractivity contribution in [2.75, 3.05) is 18.0 Å². The van der Waals surface area contributed by atoms with Crippen LogP contribution in [0.15, 0.2) is 41.3 Å². The zero-order chi connectivity index (χ0) is 22.1. The lowest BCUT2D eigenvalue weighted by molar-refractivity contribution is 0.0987. The molecular formula is C22H26F2N2O3S. The molecule has 0 spiro atoms. The Morgan fingerprint density at radius 2 is 1.87 bits per heavy atom. The van der Waals surface area contributed by atoms with Gasteiger partial charge in [0, 0.05) is 36.4 Å². The van der Waals surface area contributed by atoms with Crippen molar-refractivity contribution >= 4 is 21.6 Å². The molecule has 30 heavy (non-hydrogen) atoms. The summed E-state index contributed by atoms with van der Waals surface area (Å²) in [6, 6.07) is 7.65. The molecule has 1 fully saturated rings. The second-order valence-corrected chi connectivity index (χ2v) is 9.48. The molecule has 1 atom stereocenters. The Morgan fingerprint density at radius 1 is 1.13 bits per heavy atom. The number of piperidine rings is 1. The minimum absolute atomic E-state index is 0.0616. The molecule has 0 saturated carbocycles. The third-order valence-corrected chi connectivity index (χ3v) is 7.57. The van der Waals surface area contributed by atoms with Crippen molar-refractivity contribution < 1.29 is 22.0 Å². The molecule has 0 radical (unpaired) electrons. The molecule has 0 aromatic heterocycles. The highest BCUT2D eigenvalue weighted by atomic mass is 32.2. The monoisotopic (exact) mass is 436 g/mol. The molecule has 0 N–H and O–H groups in total. The molecule has 1 saturated heterocycles. The summed E-state index contributed by atoms with van der Waals surface area (Å²) in [5.41, 5.74) is 1.03. The van der Waals surface area contributed by atoms with Crippen molar-refractivity contribution in [3.8, 4) is 0 Å². The van der Waals surface area contributed by atoms with Gasteiger partial charge in [0.25, 0.3) is 5.91 Å². The Hall–Kier alpha value is -2.32. The Balaban J connectivity index is 1.99. The SMILES string of the molecule is CCN(C(=O)c1cc(S(=O)(=O)N2CCCCC2C)ccc1C)c1ccc(F)c(F)c1. The summed E-state index contributed by atoms with van der Waals surface area (Å²) in [5.74, 6) is -2.52. The Morgan fingerprint density at radius 3 is 2.50 bits per heavy atom. The van der Waals surface area contributed by atoms with Gasteiger partial charge in [0.15, 0.2) is 11.6 Å². The van der Waals surface area contributed by atoms with E-state index in [2.05, 4.69) is 0 Å². The number of rotatable bonds is 5. The molecule has 162 valence electrons. The first-order valence-electron chi connectivity index (χ1n) is 10.1. The van der Waals surface area contributed by atoms with Gasteiger partial charge < -0.3 is 4.90 Å². The van der Waals surface area contributed by atoms with Crippen molar-refractivity contribution in [1.82, 2.24) is 4.31 Å². The second kappa shape index (κ2) is 8.81. The number of sulfonamides is 1. The highest BCUT2D eigenvalue weighted by molar-refractivity contribution is 7.89. The van der Waals surface area contributed by atoms with Gasteiger partial charge in [-0.2, -0.15) is 4.31 Å². The van der Waals surface area contributed by atoms with Crippen molar-refractivity contribution in [3.63, 3.8) is 0 Å². The first-order chi connectivity index (χ1) is 14.2. The summed E-state index contributed by atoms with van der Waals surface area (Å²) in [7, 11) is -3.74. The molecule has 3 rings (SSSR count). The maximum absolute atomic E-state index is 13.7. The van der Waals surface area contributed by atoms with E-state index < -0.39 is 27.6 Å². The van der Waals surface area contributed by atoms with E-state index in [9.17, 15) is 22.0 Å². The summed E-state index contributed by atoms with van der Waals surface area (Å²) in [6.07, 6.45) is 2.60. The molecule has 1 aliphatic heterocycles. The van der Waals surface area contributed by atoms with Gasteiger partial charge in [0.1, 0.15) is 0 Å². The summed E-state index contributed by atoms with van der Waals surface area (Å²) in [6.45, 7) is 5.98. The van der Waals surface area contributed by atoms with Crippen molar-refractivity contribution in [2.45, 2.75) is 51.0 Å². The largest absolute Gasteiger partial charge is 0.309 e. The van der Waals surface area contributed by atoms with Gasteiger partial charge in [-0.3, -0.25) is 4.79 Å². The molecule has 0 aliphatic carbocycles. The molecule has 1 heterocycles. The van der Waals surface area contributed by atoms with E-state index in [-0.39, 0.29) is 28.7 Å². The van der Waals surface area contributed by atoms with Crippen LogP contribution >= 0.6 is 0 Å². The number of halogens is 2. The highest BCUT2D eigenvalue weighted by Crippen LogP contribution is 2.28. The molecule has 1 unspecified atom stereocenters. The molecular weight excluding hydrogens is 410 g/mol. The van der Waals surface area contributed by atoms with Crippen LogP contribution in [-0.2, 0) is 10.0 Å². The predicted molar refractivity (Wildman–Crippen MR) is 112 cm³/mol. The van der Waals surface area contributed by atoms with Crippen molar-refractivity contribution in [2.24, 2.45) is 0 Å². The highest BCUT2D eigenvalue weighted by Gasteiger charge is 2.32. The molecule has 1 amide bonds. The van der Waals surface area contributed by atoms with E-state index in [4.69, 9.17) is 0 Å². The Labute approximate surface area is 176 Å². The topological polar surface area (TPSA) is 57.7 Å². The number of carbonyl (C=O) groups excluding carboxylic acids is 1. The number of hydrogen-bond acceptors (Lipinski definition) is 3. The smallest absolute Gasteiger partial charge is 0.258 e. The number of anilines is 1. The lowest BCUT2D eigenvalue weighted by Gasteiger charge is -2.32. The van der Waals surface area contributed by atoms with E-state index in [1.807, 2.05) is 6.92 Å². The van der Waals surface area contributed by atoms with E-state index in [1.54, 1.807) is 19.9 Å². The third-order valence-electron chi connectivity index (χ3n) is 5.56. The number of nitrogens with zero attached hydrogens (tertiary/aromatic N) is 2. The summed E-state index contributed by atoms with van der Waals surface area (Å²) in [5, 5.41) is 0. The van der Waals surface area contributed by atoms with Crippen molar-refractivity contribution in [1.29, 1.82) is 0 Å². The molecule has 2 aromatic rings. The van der Waals surface area contributed by atoms with Crippen LogP contribution in [0.25, 0.3) is 0 Å². The number of benzene rings is 2. The van der Waals surface area contributed by atoms with Crippen LogP contribution in [-0.4, -0.2) is 37.8 Å². The first kappa shape index (κ1) is 22.4. The number of amides is 1. The summed E-state index contributed by atoms with van der Waals surface area (Å²) in [4.78, 5) is 14.6. The maximum Gasteiger partial charge on any atom is 0.258 e. The number of carbonyl (C=O) groups is 1. The van der Waals surface area contributed by atoms with Gasteiger partial charge in [-0.1, -0.05) is 12.5 Å². The van der Waals surface area contributed by atoms with Gasteiger partial charge >= 0.3 is 0 Å². The molecule has 2 aromatic carbocycles. The average Bonchev–Trinajstić information content (AvgIpc) is 2.71.